The fraction of sp³-hybridized carbons (Fsp3) is 0. The van der Waals surface area contributed by atoms with Gasteiger partial charge in [0.25, 0.3) is 5.69 Å². The SMILES string of the molecule is O=C(/C=C/c1ccc([N+](=O)[O-])cc1)NC(=S)Nc1ccc(Br)cc1. The third-order valence-corrected chi connectivity index (χ3v) is 3.60. The van der Waals surface area contributed by atoms with Gasteiger partial charge in [-0.2, -0.15) is 0 Å². The van der Waals surface area contributed by atoms with Crippen LogP contribution in [0.3, 0.4) is 0 Å². The van der Waals surface area contributed by atoms with Crippen LogP contribution in [0.1, 0.15) is 5.56 Å². The molecule has 2 aromatic rings. The molecule has 24 heavy (non-hydrogen) atoms. The molecule has 6 nitrogen and oxygen atoms in total. The highest BCUT2D eigenvalue weighted by Gasteiger charge is 2.04. The molecule has 122 valence electrons. The first-order chi connectivity index (χ1) is 11.4. The number of non-ortho nitro benzene ring substituents is 1. The van der Waals surface area contributed by atoms with Gasteiger partial charge in [-0.05, 0) is 60.3 Å². The number of anilines is 1. The van der Waals surface area contributed by atoms with E-state index in [0.29, 0.717) is 5.56 Å². The first kappa shape index (κ1) is 17.8. The zero-order chi connectivity index (χ0) is 17.5. The number of thiocarbonyl (C=S) groups is 1. The number of carbonyl (C=O) groups excluding carboxylic acids is 1. The maximum Gasteiger partial charge on any atom is 0.269 e. The number of nitrogens with one attached hydrogen (secondary N) is 2. The molecule has 0 aromatic heterocycles. The molecule has 2 N–H and O–H groups in total. The Morgan fingerprint density at radius 1 is 1.12 bits per heavy atom. The van der Waals surface area contributed by atoms with Gasteiger partial charge < -0.3 is 5.32 Å². The average molecular weight is 406 g/mol. The van der Waals surface area contributed by atoms with Gasteiger partial charge in [-0.3, -0.25) is 20.2 Å². The molecule has 0 aliphatic rings. The van der Waals surface area contributed by atoms with E-state index in [-0.39, 0.29) is 10.8 Å². The molecule has 0 aliphatic heterocycles. The van der Waals surface area contributed by atoms with Gasteiger partial charge in [-0.1, -0.05) is 15.9 Å². The zero-order valence-corrected chi connectivity index (χ0v) is 14.6. The summed E-state index contributed by atoms with van der Waals surface area (Å²) in [5, 5.41) is 16.1. The number of nitro groups is 1. The number of amides is 1. The smallest absolute Gasteiger partial charge is 0.269 e. The van der Waals surface area contributed by atoms with E-state index < -0.39 is 10.8 Å². The Morgan fingerprint density at radius 2 is 1.75 bits per heavy atom. The Morgan fingerprint density at radius 3 is 2.33 bits per heavy atom. The van der Waals surface area contributed by atoms with Gasteiger partial charge >= 0.3 is 0 Å². The van der Waals surface area contributed by atoms with Crippen molar-refractivity contribution in [2.45, 2.75) is 0 Å². The fourth-order valence-electron chi connectivity index (χ4n) is 1.73. The van der Waals surface area contributed by atoms with Crippen molar-refractivity contribution in [2.24, 2.45) is 0 Å². The summed E-state index contributed by atoms with van der Waals surface area (Å²) in [4.78, 5) is 21.9. The molecular formula is C16H12BrN3O3S. The van der Waals surface area contributed by atoms with Crippen molar-refractivity contribution >= 4 is 56.6 Å². The third kappa shape index (κ3) is 5.56. The Labute approximate surface area is 151 Å². The van der Waals surface area contributed by atoms with Crippen LogP contribution in [-0.4, -0.2) is 15.9 Å². The molecule has 2 rings (SSSR count). The lowest BCUT2D eigenvalue weighted by atomic mass is 10.2. The Kier molecular flexibility index (Phi) is 6.16. The second-order valence-corrected chi connectivity index (χ2v) is 5.96. The molecule has 0 aliphatic carbocycles. The Bertz CT molecular complexity index is 789. The Hall–Kier alpha value is -2.58. The number of carbonyl (C=O) groups is 1. The topological polar surface area (TPSA) is 84.3 Å². The number of nitrogens with zero attached hydrogens (tertiary/aromatic N) is 1. The summed E-state index contributed by atoms with van der Waals surface area (Å²) in [6.07, 6.45) is 2.85. The van der Waals surface area contributed by atoms with Gasteiger partial charge in [0.1, 0.15) is 0 Å². The molecular weight excluding hydrogens is 394 g/mol. The fourth-order valence-corrected chi connectivity index (χ4v) is 2.21. The van der Waals surface area contributed by atoms with E-state index in [9.17, 15) is 14.9 Å². The van der Waals surface area contributed by atoms with Crippen molar-refractivity contribution < 1.29 is 9.72 Å². The maximum atomic E-state index is 11.8. The highest BCUT2D eigenvalue weighted by molar-refractivity contribution is 9.10. The molecule has 0 saturated carbocycles. The largest absolute Gasteiger partial charge is 0.332 e. The lowest BCUT2D eigenvalue weighted by molar-refractivity contribution is -0.384. The minimum absolute atomic E-state index is 0.00326. The third-order valence-electron chi connectivity index (χ3n) is 2.87. The van der Waals surface area contributed by atoms with E-state index in [0.717, 1.165) is 10.2 Å². The van der Waals surface area contributed by atoms with E-state index in [4.69, 9.17) is 12.2 Å². The van der Waals surface area contributed by atoms with Gasteiger partial charge in [0.2, 0.25) is 5.91 Å². The average Bonchev–Trinajstić information content (AvgIpc) is 2.55. The monoisotopic (exact) mass is 405 g/mol. The molecule has 0 bridgehead atoms. The van der Waals surface area contributed by atoms with Crippen molar-refractivity contribution in [3.05, 3.63) is 74.8 Å². The van der Waals surface area contributed by atoms with Gasteiger partial charge in [-0.25, -0.2) is 0 Å². The molecule has 1 amide bonds. The van der Waals surface area contributed by atoms with Crippen LogP contribution in [0.5, 0.6) is 0 Å². The van der Waals surface area contributed by atoms with Crippen LogP contribution in [-0.2, 0) is 4.79 Å². The zero-order valence-electron chi connectivity index (χ0n) is 12.2. The van der Waals surface area contributed by atoms with Gasteiger partial charge in [0, 0.05) is 28.4 Å². The van der Waals surface area contributed by atoms with Gasteiger partial charge in [0.05, 0.1) is 4.92 Å². The van der Waals surface area contributed by atoms with E-state index in [1.54, 1.807) is 18.2 Å². The van der Waals surface area contributed by atoms with Gasteiger partial charge in [0.15, 0.2) is 5.11 Å². The van der Waals surface area contributed by atoms with Crippen molar-refractivity contribution in [3.63, 3.8) is 0 Å². The predicted molar refractivity (Wildman–Crippen MR) is 101 cm³/mol. The van der Waals surface area contributed by atoms with Crippen LogP contribution in [0.25, 0.3) is 6.08 Å². The minimum atomic E-state index is -0.480. The Balaban J connectivity index is 1.88. The molecule has 0 fully saturated rings. The lowest BCUT2D eigenvalue weighted by Gasteiger charge is -2.07. The predicted octanol–water partition coefficient (Wildman–Crippen LogP) is 3.88. The molecule has 0 saturated heterocycles. The quantitative estimate of drug-likeness (QED) is 0.349. The van der Waals surface area contributed by atoms with Gasteiger partial charge in [-0.15, -0.1) is 0 Å². The van der Waals surface area contributed by atoms with Crippen molar-refractivity contribution in [1.29, 1.82) is 0 Å². The van der Waals surface area contributed by atoms with E-state index in [2.05, 4.69) is 26.6 Å². The summed E-state index contributed by atoms with van der Waals surface area (Å²) in [5.41, 5.74) is 1.42. The summed E-state index contributed by atoms with van der Waals surface area (Å²) in [7, 11) is 0. The van der Waals surface area contributed by atoms with Crippen LogP contribution < -0.4 is 10.6 Å². The number of hydrogen-bond acceptors (Lipinski definition) is 4. The summed E-state index contributed by atoms with van der Waals surface area (Å²) in [5.74, 6) is -0.400. The van der Waals surface area contributed by atoms with Crippen LogP contribution >= 0.6 is 28.1 Å². The summed E-state index contributed by atoms with van der Waals surface area (Å²) in [6, 6.07) is 13.2. The summed E-state index contributed by atoms with van der Waals surface area (Å²) < 4.78 is 0.939. The number of rotatable bonds is 4. The molecule has 0 atom stereocenters. The molecule has 0 unspecified atom stereocenters. The molecule has 0 heterocycles. The van der Waals surface area contributed by atoms with E-state index >= 15 is 0 Å². The second kappa shape index (κ2) is 8.32. The van der Waals surface area contributed by atoms with Crippen LogP contribution in [0.4, 0.5) is 11.4 Å². The van der Waals surface area contributed by atoms with Crippen molar-refractivity contribution in [2.75, 3.05) is 5.32 Å². The second-order valence-electron chi connectivity index (χ2n) is 4.63. The van der Waals surface area contributed by atoms with Crippen molar-refractivity contribution in [3.8, 4) is 0 Å². The number of nitro benzene ring substituents is 1. The molecule has 0 radical (unpaired) electrons. The van der Waals surface area contributed by atoms with Crippen molar-refractivity contribution in [1.82, 2.24) is 5.32 Å². The summed E-state index contributed by atoms with van der Waals surface area (Å²) in [6.45, 7) is 0. The number of benzene rings is 2. The normalized spacial score (nSPS) is 10.4. The van der Waals surface area contributed by atoms with E-state index in [1.807, 2.05) is 24.3 Å². The number of halogens is 1. The lowest BCUT2D eigenvalue weighted by Crippen LogP contribution is -2.32. The summed E-state index contributed by atoms with van der Waals surface area (Å²) >= 11 is 8.39. The minimum Gasteiger partial charge on any atom is -0.332 e. The molecule has 0 spiro atoms. The van der Waals surface area contributed by atoms with Crippen LogP contribution in [0.2, 0.25) is 0 Å². The number of hydrogen-bond donors (Lipinski definition) is 2. The standard InChI is InChI=1S/C16H12BrN3O3S/c17-12-4-6-13(7-5-12)18-16(24)19-15(21)10-3-11-1-8-14(9-2-11)20(22)23/h1-10H,(H2,18,19,21,24)/b10-3+. The molecule has 8 heteroatoms. The highest BCUT2D eigenvalue weighted by atomic mass is 79.9. The molecule has 2 aromatic carbocycles. The first-order valence-electron chi connectivity index (χ1n) is 6.74. The van der Waals surface area contributed by atoms with Crippen LogP contribution in [0, 0.1) is 10.1 Å². The van der Waals surface area contributed by atoms with E-state index in [1.165, 1.54) is 18.2 Å². The highest BCUT2D eigenvalue weighted by Crippen LogP contribution is 2.14. The maximum absolute atomic E-state index is 11.8. The first-order valence-corrected chi connectivity index (χ1v) is 7.94. The van der Waals surface area contributed by atoms with Crippen LogP contribution in [0.15, 0.2) is 59.1 Å².